The van der Waals surface area contributed by atoms with Crippen LogP contribution in [0.1, 0.15) is 0 Å². The fraction of sp³-hybridized carbons (Fsp3) is 0.250. The Labute approximate surface area is 80.8 Å². The molecule has 13 heavy (non-hydrogen) atoms. The van der Waals surface area contributed by atoms with Crippen LogP contribution in [0.25, 0.3) is 0 Å². The molecule has 0 atom stereocenters. The van der Waals surface area contributed by atoms with Crippen molar-refractivity contribution in [2.75, 3.05) is 6.54 Å². The summed E-state index contributed by atoms with van der Waals surface area (Å²) in [5.74, 6) is 2.61. The van der Waals surface area contributed by atoms with E-state index in [9.17, 15) is 8.78 Å². The lowest BCUT2D eigenvalue weighted by atomic mass is 10.0. The number of nitrogens with zero attached hydrogens (tertiary/aromatic N) is 1. The Hall–Kier alpha value is -0.870. The van der Waals surface area contributed by atoms with Crippen molar-refractivity contribution >= 4 is 12.4 Å². The molecule has 0 saturated carbocycles. The highest BCUT2D eigenvalue weighted by Crippen LogP contribution is 2.37. The van der Waals surface area contributed by atoms with Crippen molar-refractivity contribution in [2.24, 2.45) is 5.84 Å². The summed E-state index contributed by atoms with van der Waals surface area (Å²) in [4.78, 5) is 0. The van der Waals surface area contributed by atoms with Crippen molar-refractivity contribution in [1.29, 1.82) is 0 Å². The molecular weight excluding hydrogens is 198 g/mol. The van der Waals surface area contributed by atoms with Crippen LogP contribution in [0.3, 0.4) is 0 Å². The van der Waals surface area contributed by atoms with E-state index in [4.69, 9.17) is 5.84 Å². The zero-order chi connectivity index (χ0) is 8.77. The van der Waals surface area contributed by atoms with Crippen LogP contribution in [0.4, 0.5) is 8.78 Å². The maximum atomic E-state index is 13.1. The fourth-order valence-corrected chi connectivity index (χ4v) is 1.39. The van der Waals surface area contributed by atoms with Crippen LogP contribution in [0.5, 0.6) is 0 Å². The van der Waals surface area contributed by atoms with Gasteiger partial charge in [-0.25, -0.2) is 5.84 Å². The van der Waals surface area contributed by atoms with Crippen molar-refractivity contribution in [3.8, 4) is 0 Å². The molecule has 1 heterocycles. The summed E-state index contributed by atoms with van der Waals surface area (Å²) in [6.07, 6.45) is 5.25. The van der Waals surface area contributed by atoms with Gasteiger partial charge >= 0.3 is 0 Å². The number of hydrogen-bond acceptors (Lipinski definition) is 2. The van der Waals surface area contributed by atoms with Crippen LogP contribution in [-0.2, 0) is 0 Å². The lowest BCUT2D eigenvalue weighted by Crippen LogP contribution is -2.30. The number of halogens is 3. The average Bonchev–Trinajstić information content (AvgIpc) is 2.33. The van der Waals surface area contributed by atoms with E-state index in [1.807, 2.05) is 0 Å². The Morgan fingerprint density at radius 1 is 1.46 bits per heavy atom. The Morgan fingerprint density at radius 2 is 2.15 bits per heavy atom. The van der Waals surface area contributed by atoms with E-state index in [0.29, 0.717) is 12.2 Å². The Kier molecular flexibility index (Phi) is 2.45. The summed E-state index contributed by atoms with van der Waals surface area (Å²) < 4.78 is 26.1. The van der Waals surface area contributed by atoms with Crippen molar-refractivity contribution < 1.29 is 8.78 Å². The van der Waals surface area contributed by atoms with Gasteiger partial charge in [0.25, 0.3) is 5.92 Å². The molecule has 0 amide bonds. The number of alkyl halides is 2. The van der Waals surface area contributed by atoms with E-state index in [2.05, 4.69) is 0 Å². The van der Waals surface area contributed by atoms with Gasteiger partial charge in [-0.15, -0.1) is 12.4 Å². The molecule has 0 spiro atoms. The molecule has 0 aromatic carbocycles. The van der Waals surface area contributed by atoms with Crippen LogP contribution in [0, 0.1) is 0 Å². The number of allylic oxidation sites excluding steroid dienone is 4. The third-order valence-electron chi connectivity index (χ3n) is 2.00. The first kappa shape index (κ1) is 10.2. The second kappa shape index (κ2) is 3.12. The molecule has 0 bridgehead atoms. The predicted molar refractivity (Wildman–Crippen MR) is 48.4 cm³/mol. The van der Waals surface area contributed by atoms with Gasteiger partial charge in [-0.3, -0.25) is 0 Å². The van der Waals surface area contributed by atoms with Gasteiger partial charge in [0, 0.05) is 5.57 Å². The molecule has 2 aliphatic rings. The Bertz CT molecular complexity index is 307. The number of hydrazine groups is 1. The van der Waals surface area contributed by atoms with Crippen molar-refractivity contribution in [3.05, 3.63) is 35.6 Å². The van der Waals surface area contributed by atoms with Crippen LogP contribution < -0.4 is 5.84 Å². The summed E-state index contributed by atoms with van der Waals surface area (Å²) in [6.45, 7) is 0.360. The zero-order valence-electron chi connectivity index (χ0n) is 6.71. The van der Waals surface area contributed by atoms with Gasteiger partial charge < -0.3 is 5.01 Å². The van der Waals surface area contributed by atoms with Crippen molar-refractivity contribution in [2.45, 2.75) is 5.92 Å². The lowest BCUT2D eigenvalue weighted by Gasteiger charge is -2.21. The van der Waals surface area contributed by atoms with Crippen LogP contribution in [0.15, 0.2) is 35.6 Å². The van der Waals surface area contributed by atoms with E-state index in [-0.39, 0.29) is 18.0 Å². The highest BCUT2D eigenvalue weighted by Gasteiger charge is 2.38. The minimum Gasteiger partial charge on any atom is -0.307 e. The number of hydrogen-bond donors (Lipinski definition) is 1. The monoisotopic (exact) mass is 206 g/mol. The van der Waals surface area contributed by atoms with Gasteiger partial charge in [0.05, 0.1) is 12.2 Å². The number of fused-ring (bicyclic) bond motifs is 1. The van der Waals surface area contributed by atoms with Gasteiger partial charge in [0.2, 0.25) is 0 Å². The van der Waals surface area contributed by atoms with E-state index < -0.39 is 5.92 Å². The standard InChI is InChI=1S/C8H8F2N2.ClH/c9-8(10)4-1-2-7-6(8)3-5-12(7)11;/h1-4H,5,11H2;1H. The van der Waals surface area contributed by atoms with E-state index in [1.54, 1.807) is 6.08 Å². The molecule has 2 rings (SSSR count). The van der Waals surface area contributed by atoms with Crippen LogP contribution in [-0.4, -0.2) is 17.5 Å². The van der Waals surface area contributed by atoms with Gasteiger partial charge in [0.1, 0.15) is 0 Å². The van der Waals surface area contributed by atoms with E-state index >= 15 is 0 Å². The maximum Gasteiger partial charge on any atom is 0.293 e. The Morgan fingerprint density at radius 3 is 2.77 bits per heavy atom. The van der Waals surface area contributed by atoms with Crippen molar-refractivity contribution in [1.82, 2.24) is 5.01 Å². The molecule has 0 aromatic rings. The highest BCUT2D eigenvalue weighted by atomic mass is 35.5. The summed E-state index contributed by atoms with van der Waals surface area (Å²) in [7, 11) is 0. The number of nitrogens with two attached hydrogens (primary N) is 1. The predicted octanol–water partition coefficient (Wildman–Crippen LogP) is 1.61. The quantitative estimate of drug-likeness (QED) is 0.611. The lowest BCUT2D eigenvalue weighted by molar-refractivity contribution is 0.0965. The smallest absolute Gasteiger partial charge is 0.293 e. The minimum absolute atomic E-state index is 0. The SMILES string of the molecule is Cl.NN1CC=C2C1=CC=CC2(F)F. The summed E-state index contributed by atoms with van der Waals surface area (Å²) >= 11 is 0. The molecule has 72 valence electrons. The van der Waals surface area contributed by atoms with Gasteiger partial charge in [-0.2, -0.15) is 8.78 Å². The molecule has 0 saturated heterocycles. The van der Waals surface area contributed by atoms with E-state index in [0.717, 1.165) is 6.08 Å². The summed E-state index contributed by atoms with van der Waals surface area (Å²) in [5, 5.41) is 1.31. The first-order valence-electron chi connectivity index (χ1n) is 3.62. The van der Waals surface area contributed by atoms with Crippen LogP contribution in [0.2, 0.25) is 0 Å². The molecule has 0 unspecified atom stereocenters. The molecule has 0 aromatic heterocycles. The second-order valence-corrected chi connectivity index (χ2v) is 2.80. The normalized spacial score (nSPS) is 23.2. The van der Waals surface area contributed by atoms with Gasteiger partial charge in [-0.1, -0.05) is 12.2 Å². The molecule has 0 fully saturated rings. The third kappa shape index (κ3) is 1.47. The highest BCUT2D eigenvalue weighted by molar-refractivity contribution is 5.85. The minimum atomic E-state index is -2.85. The van der Waals surface area contributed by atoms with Crippen molar-refractivity contribution in [3.63, 3.8) is 0 Å². The molecule has 1 aliphatic carbocycles. The molecule has 1 aliphatic heterocycles. The maximum absolute atomic E-state index is 13.1. The largest absolute Gasteiger partial charge is 0.307 e. The number of rotatable bonds is 0. The summed E-state index contributed by atoms with van der Waals surface area (Å²) in [5.41, 5.74) is 0.440. The first-order chi connectivity index (χ1) is 5.61. The molecule has 5 heteroatoms. The molecule has 2 N–H and O–H groups in total. The second-order valence-electron chi connectivity index (χ2n) is 2.80. The summed E-state index contributed by atoms with van der Waals surface area (Å²) in [6, 6.07) is 0. The molecular formula is C8H9ClF2N2. The zero-order valence-corrected chi connectivity index (χ0v) is 7.52. The van der Waals surface area contributed by atoms with Gasteiger partial charge in [-0.05, 0) is 12.2 Å². The van der Waals surface area contributed by atoms with E-state index in [1.165, 1.54) is 17.2 Å². The third-order valence-corrected chi connectivity index (χ3v) is 2.00. The fourth-order valence-electron chi connectivity index (χ4n) is 1.39. The molecule has 2 nitrogen and oxygen atoms in total. The molecule has 0 radical (unpaired) electrons. The van der Waals surface area contributed by atoms with Gasteiger partial charge in [0.15, 0.2) is 0 Å². The average molecular weight is 207 g/mol. The van der Waals surface area contributed by atoms with Crippen LogP contribution >= 0.6 is 12.4 Å². The Balaban J connectivity index is 0.000000845. The topological polar surface area (TPSA) is 29.3 Å². The first-order valence-corrected chi connectivity index (χ1v) is 3.62.